The summed E-state index contributed by atoms with van der Waals surface area (Å²) in [6.07, 6.45) is 2.83. The normalized spacial score (nSPS) is 25.6. The number of ether oxygens (including phenoxy) is 1. The molecule has 1 aliphatic carbocycles. The van der Waals surface area contributed by atoms with Crippen molar-refractivity contribution in [2.75, 3.05) is 13.2 Å². The van der Waals surface area contributed by atoms with E-state index in [1.165, 1.54) is 18.9 Å². The lowest BCUT2D eigenvalue weighted by Gasteiger charge is -2.13. The van der Waals surface area contributed by atoms with Crippen molar-refractivity contribution in [3.63, 3.8) is 0 Å². The van der Waals surface area contributed by atoms with Gasteiger partial charge < -0.3 is 15.2 Å². The molecule has 4 nitrogen and oxygen atoms in total. The maximum absolute atomic E-state index is 14.0. The second-order valence-electron chi connectivity index (χ2n) is 5.68. The average Bonchev–Trinajstić information content (AvgIpc) is 3.11. The largest absolute Gasteiger partial charge is 0.490 e. The third-order valence-corrected chi connectivity index (χ3v) is 4.01. The molecule has 2 aliphatic rings. The fourth-order valence-electron chi connectivity index (χ4n) is 2.52. The molecule has 20 heavy (non-hydrogen) atoms. The molecule has 5 heteroatoms. The van der Waals surface area contributed by atoms with Crippen molar-refractivity contribution in [1.82, 2.24) is 5.32 Å². The SMILES string of the molecule is O=C(O)C1CNC(c2ccc(OCC3CC3)c(F)c2)C1. The first-order chi connectivity index (χ1) is 9.63. The number of carboxylic acids is 1. The molecule has 0 radical (unpaired) electrons. The third kappa shape index (κ3) is 2.93. The van der Waals surface area contributed by atoms with Gasteiger partial charge in [-0.2, -0.15) is 0 Å². The fraction of sp³-hybridized carbons (Fsp3) is 0.533. The van der Waals surface area contributed by atoms with Crippen molar-refractivity contribution >= 4 is 5.97 Å². The minimum Gasteiger partial charge on any atom is -0.490 e. The molecule has 1 saturated heterocycles. The first-order valence-corrected chi connectivity index (χ1v) is 7.02. The standard InChI is InChI=1S/C15H18FNO3/c16-12-5-10(13-6-11(7-17-13)15(18)19)3-4-14(12)20-8-9-1-2-9/h3-5,9,11,13,17H,1-2,6-8H2,(H,18,19). The highest BCUT2D eigenvalue weighted by Gasteiger charge is 2.30. The van der Waals surface area contributed by atoms with E-state index in [-0.39, 0.29) is 17.6 Å². The maximum Gasteiger partial charge on any atom is 0.307 e. The van der Waals surface area contributed by atoms with Crippen LogP contribution in [-0.2, 0) is 4.79 Å². The van der Waals surface area contributed by atoms with E-state index in [0.29, 0.717) is 25.5 Å². The van der Waals surface area contributed by atoms with Crippen molar-refractivity contribution in [3.8, 4) is 5.75 Å². The van der Waals surface area contributed by atoms with Crippen LogP contribution in [0, 0.1) is 17.7 Å². The van der Waals surface area contributed by atoms with Crippen molar-refractivity contribution in [2.45, 2.75) is 25.3 Å². The molecule has 2 atom stereocenters. The van der Waals surface area contributed by atoms with Gasteiger partial charge in [0, 0.05) is 12.6 Å². The van der Waals surface area contributed by atoms with Crippen LogP contribution >= 0.6 is 0 Å². The van der Waals surface area contributed by atoms with Crippen LogP contribution in [0.4, 0.5) is 4.39 Å². The summed E-state index contributed by atoms with van der Waals surface area (Å²) in [5.74, 6) is -0.697. The molecule has 0 amide bonds. The van der Waals surface area contributed by atoms with Crippen molar-refractivity contribution < 1.29 is 19.0 Å². The van der Waals surface area contributed by atoms with Crippen LogP contribution in [0.1, 0.15) is 30.9 Å². The second kappa shape index (κ2) is 5.40. The highest BCUT2D eigenvalue weighted by Crippen LogP contribution is 2.32. The first kappa shape index (κ1) is 13.4. The van der Waals surface area contributed by atoms with Crippen LogP contribution in [0.3, 0.4) is 0 Å². The van der Waals surface area contributed by atoms with Crippen LogP contribution in [0.5, 0.6) is 5.75 Å². The first-order valence-electron chi connectivity index (χ1n) is 7.02. The van der Waals surface area contributed by atoms with Gasteiger partial charge in [0.2, 0.25) is 0 Å². The zero-order chi connectivity index (χ0) is 14.1. The summed E-state index contributed by atoms with van der Waals surface area (Å²) in [7, 11) is 0. The third-order valence-electron chi connectivity index (χ3n) is 4.01. The summed E-state index contributed by atoms with van der Waals surface area (Å²) in [6.45, 7) is 1.01. The van der Waals surface area contributed by atoms with E-state index in [0.717, 1.165) is 5.56 Å². The molecule has 108 valence electrons. The van der Waals surface area contributed by atoms with Gasteiger partial charge in [-0.15, -0.1) is 0 Å². The van der Waals surface area contributed by atoms with E-state index >= 15 is 0 Å². The van der Waals surface area contributed by atoms with Crippen molar-refractivity contribution in [2.24, 2.45) is 11.8 Å². The van der Waals surface area contributed by atoms with Gasteiger partial charge in [0.25, 0.3) is 0 Å². The lowest BCUT2D eigenvalue weighted by atomic mass is 10.00. The molecule has 3 rings (SSSR count). The second-order valence-corrected chi connectivity index (χ2v) is 5.68. The van der Waals surface area contributed by atoms with Crippen LogP contribution in [0.2, 0.25) is 0 Å². The predicted octanol–water partition coefficient (Wildman–Crippen LogP) is 2.35. The monoisotopic (exact) mass is 279 g/mol. The number of hydrogen-bond acceptors (Lipinski definition) is 3. The molecule has 1 aromatic carbocycles. The molecule has 1 saturated carbocycles. The zero-order valence-corrected chi connectivity index (χ0v) is 11.1. The summed E-state index contributed by atoms with van der Waals surface area (Å²) in [5.41, 5.74) is 0.782. The van der Waals surface area contributed by atoms with Gasteiger partial charge in [0.1, 0.15) is 0 Å². The number of rotatable bonds is 5. The molecular weight excluding hydrogens is 261 g/mol. The predicted molar refractivity (Wildman–Crippen MR) is 71.1 cm³/mol. The summed E-state index contributed by atoms with van der Waals surface area (Å²) >= 11 is 0. The van der Waals surface area contributed by atoms with Crippen molar-refractivity contribution in [3.05, 3.63) is 29.6 Å². The van der Waals surface area contributed by atoms with Gasteiger partial charge in [-0.05, 0) is 42.9 Å². The topological polar surface area (TPSA) is 58.6 Å². The Morgan fingerprint density at radius 1 is 1.45 bits per heavy atom. The van der Waals surface area contributed by atoms with Crippen LogP contribution in [0.25, 0.3) is 0 Å². The summed E-state index contributed by atoms with van der Waals surface area (Å²) in [4.78, 5) is 10.9. The zero-order valence-electron chi connectivity index (χ0n) is 11.1. The van der Waals surface area contributed by atoms with Gasteiger partial charge in [-0.1, -0.05) is 6.07 Å². The quantitative estimate of drug-likeness (QED) is 0.868. The van der Waals surface area contributed by atoms with E-state index in [9.17, 15) is 9.18 Å². The highest BCUT2D eigenvalue weighted by molar-refractivity contribution is 5.70. The molecule has 2 N–H and O–H groups in total. The van der Waals surface area contributed by atoms with Gasteiger partial charge in [-0.3, -0.25) is 4.79 Å². The Bertz CT molecular complexity index is 516. The maximum atomic E-state index is 14.0. The minimum atomic E-state index is -0.801. The summed E-state index contributed by atoms with van der Waals surface area (Å²) in [5, 5.41) is 12.1. The molecule has 0 aromatic heterocycles. The minimum absolute atomic E-state index is 0.0944. The number of halogens is 1. The van der Waals surface area contributed by atoms with Crippen molar-refractivity contribution in [1.29, 1.82) is 0 Å². The Morgan fingerprint density at radius 3 is 2.85 bits per heavy atom. The molecule has 0 bridgehead atoms. The summed E-state index contributed by atoms with van der Waals surface area (Å²) in [6, 6.07) is 4.81. The van der Waals surface area contributed by atoms with E-state index in [1.54, 1.807) is 6.07 Å². The Morgan fingerprint density at radius 2 is 2.25 bits per heavy atom. The fourth-order valence-corrected chi connectivity index (χ4v) is 2.52. The van der Waals surface area contributed by atoms with Crippen LogP contribution < -0.4 is 10.1 Å². The summed E-state index contributed by atoms with van der Waals surface area (Å²) < 4.78 is 19.4. The van der Waals surface area contributed by atoms with E-state index in [2.05, 4.69) is 5.32 Å². The smallest absolute Gasteiger partial charge is 0.307 e. The Labute approximate surface area is 116 Å². The number of benzene rings is 1. The number of nitrogens with one attached hydrogen (secondary N) is 1. The molecular formula is C15H18FNO3. The number of hydrogen-bond donors (Lipinski definition) is 2. The van der Waals surface area contributed by atoms with E-state index in [1.807, 2.05) is 6.07 Å². The van der Waals surface area contributed by atoms with E-state index in [4.69, 9.17) is 9.84 Å². The van der Waals surface area contributed by atoms with Gasteiger partial charge >= 0.3 is 5.97 Å². The van der Waals surface area contributed by atoms with E-state index < -0.39 is 11.9 Å². The molecule has 0 spiro atoms. The Hall–Kier alpha value is -1.62. The number of aliphatic carboxylic acids is 1. The van der Waals surface area contributed by atoms with Gasteiger partial charge in [-0.25, -0.2) is 4.39 Å². The Kier molecular flexibility index (Phi) is 3.61. The van der Waals surface area contributed by atoms with Gasteiger partial charge in [0.05, 0.1) is 12.5 Å². The highest BCUT2D eigenvalue weighted by atomic mass is 19.1. The molecule has 1 aromatic rings. The van der Waals surface area contributed by atoms with Crippen LogP contribution in [0.15, 0.2) is 18.2 Å². The van der Waals surface area contributed by atoms with Crippen LogP contribution in [-0.4, -0.2) is 24.2 Å². The lowest BCUT2D eigenvalue weighted by Crippen LogP contribution is -2.17. The average molecular weight is 279 g/mol. The molecule has 2 fully saturated rings. The number of carboxylic acid groups (broad SMARTS) is 1. The lowest BCUT2D eigenvalue weighted by molar-refractivity contribution is -0.141. The number of carbonyl (C=O) groups is 1. The Balaban J connectivity index is 1.65. The molecule has 1 heterocycles. The molecule has 1 aliphatic heterocycles. The van der Waals surface area contributed by atoms with Gasteiger partial charge in [0.15, 0.2) is 11.6 Å². The molecule has 2 unspecified atom stereocenters.